The standard InChI is InChI=1S/C21H21F3N4O2/c22-21(23,24)19-26-17-10-6-11-25-18(17)28(19)13-16-9-4-5-12-27(16)20(29)30-14-15-7-2-1-3-8-15/h1-3,6-8,10-11,16H,4-5,9,12-14H2/t16-/m0/s1. The van der Waals surface area contributed by atoms with Gasteiger partial charge in [-0.2, -0.15) is 13.2 Å². The zero-order chi connectivity index (χ0) is 21.1. The molecule has 1 aromatic carbocycles. The average molecular weight is 418 g/mol. The Hall–Kier alpha value is -3.10. The summed E-state index contributed by atoms with van der Waals surface area (Å²) in [6.45, 7) is 0.523. The molecule has 1 fully saturated rings. The van der Waals surface area contributed by atoms with Crippen LogP contribution in [0.4, 0.5) is 18.0 Å². The normalized spacial score (nSPS) is 17.3. The maximum atomic E-state index is 13.6. The van der Waals surface area contributed by atoms with Gasteiger partial charge < -0.3 is 14.2 Å². The minimum absolute atomic E-state index is 0.0389. The minimum atomic E-state index is -4.62. The van der Waals surface area contributed by atoms with E-state index >= 15 is 0 Å². The van der Waals surface area contributed by atoms with Crippen molar-refractivity contribution in [3.8, 4) is 0 Å². The first kappa shape index (κ1) is 20.2. The number of halogens is 3. The van der Waals surface area contributed by atoms with E-state index in [1.54, 1.807) is 6.07 Å². The molecule has 1 aliphatic heterocycles. The molecule has 1 saturated heterocycles. The highest BCUT2D eigenvalue weighted by molar-refractivity contribution is 5.71. The molecular weight excluding hydrogens is 397 g/mol. The monoisotopic (exact) mass is 418 g/mol. The molecule has 0 radical (unpaired) electrons. The third-order valence-electron chi connectivity index (χ3n) is 5.22. The van der Waals surface area contributed by atoms with Gasteiger partial charge in [0.1, 0.15) is 12.1 Å². The molecule has 1 amide bonds. The number of carbonyl (C=O) groups is 1. The second-order valence-corrected chi connectivity index (χ2v) is 7.27. The third kappa shape index (κ3) is 4.24. The number of likely N-dealkylation sites (tertiary alicyclic amines) is 1. The number of benzene rings is 1. The molecule has 1 aliphatic rings. The van der Waals surface area contributed by atoms with E-state index in [1.165, 1.54) is 17.2 Å². The number of piperidine rings is 1. The molecule has 2 aromatic heterocycles. The Kier molecular flexibility index (Phi) is 5.61. The lowest BCUT2D eigenvalue weighted by Crippen LogP contribution is -2.46. The Morgan fingerprint density at radius 1 is 1.13 bits per heavy atom. The molecule has 3 heterocycles. The van der Waals surface area contributed by atoms with Gasteiger partial charge in [0.15, 0.2) is 5.65 Å². The van der Waals surface area contributed by atoms with Gasteiger partial charge in [-0.3, -0.25) is 0 Å². The van der Waals surface area contributed by atoms with E-state index in [-0.39, 0.29) is 24.3 Å². The molecule has 9 heteroatoms. The van der Waals surface area contributed by atoms with Gasteiger partial charge in [-0.15, -0.1) is 0 Å². The van der Waals surface area contributed by atoms with Gasteiger partial charge in [-0.25, -0.2) is 14.8 Å². The van der Waals surface area contributed by atoms with Crippen LogP contribution in [0.1, 0.15) is 30.7 Å². The van der Waals surface area contributed by atoms with Crippen LogP contribution in [0.15, 0.2) is 48.7 Å². The number of aromatic nitrogens is 3. The zero-order valence-corrected chi connectivity index (χ0v) is 16.2. The number of amides is 1. The molecule has 3 aromatic rings. The van der Waals surface area contributed by atoms with Crippen LogP contribution in [0, 0.1) is 0 Å². The number of hydrogen-bond acceptors (Lipinski definition) is 4. The number of alkyl halides is 3. The number of pyridine rings is 1. The lowest BCUT2D eigenvalue weighted by atomic mass is 10.0. The largest absolute Gasteiger partial charge is 0.449 e. The summed E-state index contributed by atoms with van der Waals surface area (Å²) < 4.78 is 47.3. The zero-order valence-electron chi connectivity index (χ0n) is 16.2. The second-order valence-electron chi connectivity index (χ2n) is 7.27. The maximum Gasteiger partial charge on any atom is 0.449 e. The highest BCUT2D eigenvalue weighted by Gasteiger charge is 2.39. The van der Waals surface area contributed by atoms with Gasteiger partial charge in [0.05, 0.1) is 6.04 Å². The fourth-order valence-electron chi connectivity index (χ4n) is 3.79. The van der Waals surface area contributed by atoms with Crippen LogP contribution in [0.2, 0.25) is 0 Å². The number of nitrogens with zero attached hydrogens (tertiary/aromatic N) is 4. The Bertz CT molecular complexity index is 1020. The van der Waals surface area contributed by atoms with Crippen LogP contribution in [0.3, 0.4) is 0 Å². The molecule has 6 nitrogen and oxygen atoms in total. The van der Waals surface area contributed by atoms with E-state index in [0.717, 1.165) is 23.0 Å². The van der Waals surface area contributed by atoms with Gasteiger partial charge in [0.25, 0.3) is 0 Å². The molecular formula is C21H21F3N4O2. The van der Waals surface area contributed by atoms with E-state index in [0.29, 0.717) is 13.0 Å². The van der Waals surface area contributed by atoms with E-state index in [1.807, 2.05) is 30.3 Å². The molecule has 0 unspecified atom stereocenters. The molecule has 0 bridgehead atoms. The van der Waals surface area contributed by atoms with E-state index in [9.17, 15) is 18.0 Å². The maximum absolute atomic E-state index is 13.6. The number of fused-ring (bicyclic) bond motifs is 1. The van der Waals surface area contributed by atoms with Crippen LogP contribution < -0.4 is 0 Å². The summed E-state index contributed by atoms with van der Waals surface area (Å²) >= 11 is 0. The molecule has 158 valence electrons. The van der Waals surface area contributed by atoms with E-state index in [2.05, 4.69) is 9.97 Å². The van der Waals surface area contributed by atoms with Crippen molar-refractivity contribution in [2.24, 2.45) is 0 Å². The van der Waals surface area contributed by atoms with Crippen molar-refractivity contribution in [1.29, 1.82) is 0 Å². The first-order valence-electron chi connectivity index (χ1n) is 9.79. The van der Waals surface area contributed by atoms with Gasteiger partial charge in [-0.05, 0) is 37.0 Å². The molecule has 0 N–H and O–H groups in total. The third-order valence-corrected chi connectivity index (χ3v) is 5.22. The Balaban J connectivity index is 1.56. The molecule has 4 rings (SSSR count). The predicted molar refractivity (Wildman–Crippen MR) is 104 cm³/mol. The molecule has 30 heavy (non-hydrogen) atoms. The fraction of sp³-hybridized carbons (Fsp3) is 0.381. The number of rotatable bonds is 4. The first-order valence-corrected chi connectivity index (χ1v) is 9.79. The summed E-state index contributed by atoms with van der Waals surface area (Å²) in [5, 5.41) is 0. The summed E-state index contributed by atoms with van der Waals surface area (Å²) in [4.78, 5) is 22.1. The number of hydrogen-bond donors (Lipinski definition) is 0. The molecule has 0 saturated carbocycles. The van der Waals surface area contributed by atoms with Crippen molar-refractivity contribution in [2.75, 3.05) is 6.54 Å². The summed E-state index contributed by atoms with van der Waals surface area (Å²) in [6, 6.07) is 11.9. The van der Waals surface area contributed by atoms with Crippen molar-refractivity contribution >= 4 is 17.3 Å². The van der Waals surface area contributed by atoms with E-state index in [4.69, 9.17) is 4.74 Å². The fourth-order valence-corrected chi connectivity index (χ4v) is 3.79. The molecule has 1 atom stereocenters. The highest BCUT2D eigenvalue weighted by atomic mass is 19.4. The topological polar surface area (TPSA) is 60.2 Å². The summed E-state index contributed by atoms with van der Waals surface area (Å²) in [5.74, 6) is -1.00. The predicted octanol–water partition coefficient (Wildman–Crippen LogP) is 4.64. The summed E-state index contributed by atoms with van der Waals surface area (Å²) in [5.41, 5.74) is 1.19. The second kappa shape index (κ2) is 8.33. The van der Waals surface area contributed by atoms with Crippen LogP contribution in [0.25, 0.3) is 11.2 Å². The smallest absolute Gasteiger partial charge is 0.445 e. The summed E-state index contributed by atoms with van der Waals surface area (Å²) in [7, 11) is 0. The van der Waals surface area contributed by atoms with Crippen molar-refractivity contribution in [1.82, 2.24) is 19.4 Å². The Morgan fingerprint density at radius 2 is 1.93 bits per heavy atom. The average Bonchev–Trinajstić information content (AvgIpc) is 3.12. The quantitative estimate of drug-likeness (QED) is 0.619. The van der Waals surface area contributed by atoms with Crippen molar-refractivity contribution < 1.29 is 22.7 Å². The number of imidazole rings is 1. The van der Waals surface area contributed by atoms with Gasteiger partial charge in [0, 0.05) is 19.3 Å². The number of carbonyl (C=O) groups excluding carboxylic acids is 1. The molecule has 0 aliphatic carbocycles. The highest BCUT2D eigenvalue weighted by Crippen LogP contribution is 2.32. The SMILES string of the molecule is O=C(OCc1ccccc1)N1CCCC[C@H]1Cn1c(C(F)(F)F)nc2cccnc21. The van der Waals surface area contributed by atoms with Gasteiger partial charge >= 0.3 is 12.3 Å². The van der Waals surface area contributed by atoms with Crippen LogP contribution in [-0.4, -0.2) is 38.1 Å². The number of ether oxygens (including phenoxy) is 1. The lowest BCUT2D eigenvalue weighted by Gasteiger charge is -2.35. The summed E-state index contributed by atoms with van der Waals surface area (Å²) in [6.07, 6.45) is -1.50. The Labute approximate surface area is 171 Å². The van der Waals surface area contributed by atoms with Gasteiger partial charge in [0.2, 0.25) is 5.82 Å². The van der Waals surface area contributed by atoms with Crippen molar-refractivity contribution in [2.45, 2.75) is 44.6 Å². The van der Waals surface area contributed by atoms with Gasteiger partial charge in [-0.1, -0.05) is 30.3 Å². The lowest BCUT2D eigenvalue weighted by molar-refractivity contribution is -0.147. The molecule has 0 spiro atoms. The van der Waals surface area contributed by atoms with E-state index < -0.39 is 24.1 Å². The minimum Gasteiger partial charge on any atom is -0.445 e. The van der Waals surface area contributed by atoms with Crippen LogP contribution in [0.5, 0.6) is 0 Å². The first-order chi connectivity index (χ1) is 14.4. The van der Waals surface area contributed by atoms with Crippen LogP contribution >= 0.6 is 0 Å². The van der Waals surface area contributed by atoms with Crippen molar-refractivity contribution in [3.63, 3.8) is 0 Å². The van der Waals surface area contributed by atoms with Crippen LogP contribution in [-0.2, 0) is 24.1 Å². The Morgan fingerprint density at radius 3 is 2.70 bits per heavy atom. The van der Waals surface area contributed by atoms with Crippen molar-refractivity contribution in [3.05, 3.63) is 60.0 Å².